The molecule has 2 atom stereocenters. The summed E-state index contributed by atoms with van der Waals surface area (Å²) in [4.78, 5) is 0. The van der Waals surface area contributed by atoms with E-state index in [0.29, 0.717) is 6.04 Å². The molecular formula is C8H17NOS2. The molecule has 0 amide bonds. The molecule has 1 heterocycles. The van der Waals surface area contributed by atoms with Crippen LogP contribution in [0.1, 0.15) is 27.2 Å². The molecule has 0 bridgehead atoms. The summed E-state index contributed by atoms with van der Waals surface area (Å²) in [5.41, 5.74) is 0. The van der Waals surface area contributed by atoms with Crippen LogP contribution in [0.2, 0.25) is 0 Å². The van der Waals surface area contributed by atoms with Crippen LogP contribution in [0.3, 0.4) is 0 Å². The molecule has 1 aliphatic rings. The number of hydrogen-bond donors (Lipinski definition) is 1. The summed E-state index contributed by atoms with van der Waals surface area (Å²) in [5.74, 6) is 2.32. The first-order valence-corrected chi connectivity index (χ1v) is 6.56. The molecule has 1 rings (SSSR count). The number of thioether (sulfide) groups is 1. The van der Waals surface area contributed by atoms with E-state index >= 15 is 0 Å². The third-order valence-electron chi connectivity index (χ3n) is 1.76. The van der Waals surface area contributed by atoms with Crippen LogP contribution in [0.15, 0.2) is 0 Å². The highest BCUT2D eigenvalue weighted by Crippen LogP contribution is 2.19. The highest BCUT2D eigenvalue weighted by molar-refractivity contribution is 7.99. The summed E-state index contributed by atoms with van der Waals surface area (Å²) in [5, 5.41) is 0. The van der Waals surface area contributed by atoms with Gasteiger partial charge in [0.05, 0.1) is 15.7 Å². The first kappa shape index (κ1) is 10.5. The minimum Gasteiger partial charge on any atom is -0.242 e. The molecule has 1 N–H and O–H groups in total. The van der Waals surface area contributed by atoms with E-state index in [9.17, 15) is 4.21 Å². The average Bonchev–Trinajstić information content (AvgIpc) is 2.37. The smallest absolute Gasteiger partial charge is 0.0973 e. The summed E-state index contributed by atoms with van der Waals surface area (Å²) in [6.07, 6.45) is 1.16. The Labute approximate surface area is 81.5 Å². The Kier molecular flexibility index (Phi) is 3.61. The highest BCUT2D eigenvalue weighted by atomic mass is 32.2. The molecule has 1 saturated heterocycles. The second-order valence-corrected chi connectivity index (χ2v) is 7.21. The van der Waals surface area contributed by atoms with Crippen LogP contribution in [-0.4, -0.2) is 26.5 Å². The summed E-state index contributed by atoms with van der Waals surface area (Å²) in [7, 11) is -0.890. The van der Waals surface area contributed by atoms with Crippen molar-refractivity contribution in [1.82, 2.24) is 4.72 Å². The quantitative estimate of drug-likeness (QED) is 0.744. The molecule has 0 spiro atoms. The normalized spacial score (nSPS) is 27.4. The van der Waals surface area contributed by atoms with Gasteiger partial charge in [-0.25, -0.2) is 8.93 Å². The van der Waals surface area contributed by atoms with E-state index in [1.54, 1.807) is 0 Å². The molecule has 0 aromatic rings. The molecule has 4 heteroatoms. The minimum absolute atomic E-state index is 0.132. The average molecular weight is 207 g/mol. The predicted octanol–water partition coefficient (Wildman–Crippen LogP) is 1.54. The van der Waals surface area contributed by atoms with Gasteiger partial charge in [-0.3, -0.25) is 0 Å². The first-order valence-electron chi connectivity index (χ1n) is 4.26. The Morgan fingerprint density at radius 2 is 2.17 bits per heavy atom. The van der Waals surface area contributed by atoms with Gasteiger partial charge < -0.3 is 0 Å². The summed E-state index contributed by atoms with van der Waals surface area (Å²) in [6, 6.07) is 0.468. The Hall–Kier alpha value is 0.460. The molecule has 72 valence electrons. The van der Waals surface area contributed by atoms with Gasteiger partial charge in [0, 0.05) is 11.8 Å². The summed E-state index contributed by atoms with van der Waals surface area (Å²) >= 11 is 1.94. The molecule has 1 aliphatic heterocycles. The predicted molar refractivity (Wildman–Crippen MR) is 56.8 cm³/mol. The lowest BCUT2D eigenvalue weighted by molar-refractivity contribution is 0.609. The maximum Gasteiger partial charge on any atom is 0.0973 e. The van der Waals surface area contributed by atoms with Crippen LogP contribution in [-0.2, 0) is 11.0 Å². The van der Waals surface area contributed by atoms with Gasteiger partial charge in [-0.2, -0.15) is 11.8 Å². The van der Waals surface area contributed by atoms with Crippen LogP contribution in [0.25, 0.3) is 0 Å². The third kappa shape index (κ3) is 3.07. The van der Waals surface area contributed by atoms with Gasteiger partial charge in [-0.1, -0.05) is 0 Å². The van der Waals surface area contributed by atoms with Crippen LogP contribution in [0, 0.1) is 0 Å². The lowest BCUT2D eigenvalue weighted by Gasteiger charge is -2.20. The van der Waals surface area contributed by atoms with Gasteiger partial charge in [0.15, 0.2) is 0 Å². The van der Waals surface area contributed by atoms with Crippen molar-refractivity contribution in [3.05, 3.63) is 0 Å². The van der Waals surface area contributed by atoms with E-state index in [4.69, 9.17) is 0 Å². The first-order chi connectivity index (χ1) is 5.50. The zero-order valence-corrected chi connectivity index (χ0v) is 9.56. The SMILES string of the molecule is CC(C)(C)[S@@](=O)NC1CCSC1. The Balaban J connectivity index is 2.35. The Morgan fingerprint density at radius 1 is 1.50 bits per heavy atom. The summed E-state index contributed by atoms with van der Waals surface area (Å²) in [6.45, 7) is 5.99. The highest BCUT2D eigenvalue weighted by Gasteiger charge is 2.24. The lowest BCUT2D eigenvalue weighted by atomic mass is 10.3. The molecule has 0 radical (unpaired) electrons. The molecule has 0 aromatic heterocycles. The van der Waals surface area contributed by atoms with Crippen molar-refractivity contribution < 1.29 is 4.21 Å². The Bertz CT molecular complexity index is 170. The fraction of sp³-hybridized carbons (Fsp3) is 1.00. The van der Waals surface area contributed by atoms with E-state index in [0.717, 1.165) is 12.2 Å². The van der Waals surface area contributed by atoms with Crippen molar-refractivity contribution in [2.24, 2.45) is 0 Å². The standard InChI is InChI=1S/C8H17NOS2/c1-8(2,3)12(10)9-7-4-5-11-6-7/h7,9H,4-6H2,1-3H3/t7?,12-/m1/s1. The molecular weight excluding hydrogens is 190 g/mol. The van der Waals surface area contributed by atoms with E-state index in [2.05, 4.69) is 4.72 Å². The fourth-order valence-electron chi connectivity index (χ4n) is 0.956. The van der Waals surface area contributed by atoms with Gasteiger partial charge in [0.1, 0.15) is 0 Å². The zero-order chi connectivity index (χ0) is 9.19. The van der Waals surface area contributed by atoms with Crippen molar-refractivity contribution in [2.75, 3.05) is 11.5 Å². The van der Waals surface area contributed by atoms with Crippen molar-refractivity contribution >= 4 is 22.7 Å². The molecule has 1 unspecified atom stereocenters. The van der Waals surface area contributed by atoms with Crippen LogP contribution in [0.4, 0.5) is 0 Å². The third-order valence-corrected chi connectivity index (χ3v) is 4.58. The molecule has 0 saturated carbocycles. The van der Waals surface area contributed by atoms with Gasteiger partial charge in [0.25, 0.3) is 0 Å². The lowest BCUT2D eigenvalue weighted by Crippen LogP contribution is -2.39. The largest absolute Gasteiger partial charge is 0.242 e. The van der Waals surface area contributed by atoms with E-state index < -0.39 is 11.0 Å². The van der Waals surface area contributed by atoms with E-state index in [1.807, 2.05) is 32.5 Å². The molecule has 1 fully saturated rings. The van der Waals surface area contributed by atoms with Gasteiger partial charge >= 0.3 is 0 Å². The number of hydrogen-bond acceptors (Lipinski definition) is 2. The van der Waals surface area contributed by atoms with Gasteiger partial charge in [-0.05, 0) is 32.9 Å². The van der Waals surface area contributed by atoms with Crippen molar-refractivity contribution in [3.8, 4) is 0 Å². The molecule has 2 nitrogen and oxygen atoms in total. The molecule has 12 heavy (non-hydrogen) atoms. The fourth-order valence-corrected chi connectivity index (χ4v) is 3.07. The molecule has 0 aromatic carbocycles. The van der Waals surface area contributed by atoms with E-state index in [1.165, 1.54) is 5.75 Å². The zero-order valence-electron chi connectivity index (χ0n) is 7.92. The monoisotopic (exact) mass is 207 g/mol. The van der Waals surface area contributed by atoms with Crippen LogP contribution < -0.4 is 4.72 Å². The number of nitrogens with one attached hydrogen (secondary N) is 1. The maximum atomic E-state index is 11.6. The Morgan fingerprint density at radius 3 is 2.58 bits per heavy atom. The number of rotatable bonds is 2. The molecule has 0 aliphatic carbocycles. The van der Waals surface area contributed by atoms with Crippen LogP contribution >= 0.6 is 11.8 Å². The van der Waals surface area contributed by atoms with Gasteiger partial charge in [0.2, 0.25) is 0 Å². The topological polar surface area (TPSA) is 29.1 Å². The van der Waals surface area contributed by atoms with E-state index in [-0.39, 0.29) is 4.75 Å². The van der Waals surface area contributed by atoms with Crippen LogP contribution in [0.5, 0.6) is 0 Å². The second kappa shape index (κ2) is 4.11. The minimum atomic E-state index is -0.890. The second-order valence-electron chi connectivity index (χ2n) is 4.06. The van der Waals surface area contributed by atoms with Crippen molar-refractivity contribution in [3.63, 3.8) is 0 Å². The summed E-state index contributed by atoms with van der Waals surface area (Å²) < 4.78 is 14.6. The maximum absolute atomic E-state index is 11.6. The van der Waals surface area contributed by atoms with Gasteiger partial charge in [-0.15, -0.1) is 0 Å². The van der Waals surface area contributed by atoms with Crippen molar-refractivity contribution in [1.29, 1.82) is 0 Å². The van der Waals surface area contributed by atoms with Crippen molar-refractivity contribution in [2.45, 2.75) is 38.0 Å².